The summed E-state index contributed by atoms with van der Waals surface area (Å²) in [4.78, 5) is 17.9. The average Bonchev–Trinajstić information content (AvgIpc) is 2.44. The molecule has 2 aromatic rings. The molecule has 1 aliphatic rings. The summed E-state index contributed by atoms with van der Waals surface area (Å²) in [5.41, 5.74) is 2.63. The zero-order valence-corrected chi connectivity index (χ0v) is 13.1. The molecular weight excluding hydrogens is 276 g/mol. The van der Waals surface area contributed by atoms with E-state index in [-0.39, 0.29) is 6.42 Å². The first-order valence-electron chi connectivity index (χ1n) is 7.88. The monoisotopic (exact) mass is 298 g/mol. The number of piperidine rings is 1. The number of fused-ring (bicyclic) bond motifs is 1. The summed E-state index contributed by atoms with van der Waals surface area (Å²) in [6.45, 7) is 6.60. The van der Waals surface area contributed by atoms with Crippen molar-refractivity contribution in [2.24, 2.45) is 11.8 Å². The minimum absolute atomic E-state index is 0.0310. The van der Waals surface area contributed by atoms with E-state index >= 15 is 0 Å². The minimum Gasteiger partial charge on any atom is -0.481 e. The Balaban J connectivity index is 2.07. The number of benzene rings is 1. The second-order valence-electron chi connectivity index (χ2n) is 6.57. The van der Waals surface area contributed by atoms with Crippen LogP contribution in [0.1, 0.15) is 26.0 Å². The van der Waals surface area contributed by atoms with E-state index in [1.54, 1.807) is 0 Å². The molecule has 0 aliphatic carbocycles. The fourth-order valence-electron chi connectivity index (χ4n) is 3.58. The summed E-state index contributed by atoms with van der Waals surface area (Å²) in [5, 5.41) is 10.2. The van der Waals surface area contributed by atoms with Gasteiger partial charge < -0.3 is 10.0 Å². The van der Waals surface area contributed by atoms with Gasteiger partial charge in [-0.1, -0.05) is 32.0 Å². The highest BCUT2D eigenvalue weighted by Gasteiger charge is 2.24. The third-order valence-electron chi connectivity index (χ3n) is 4.29. The number of hydrogen-bond donors (Lipinski definition) is 1. The van der Waals surface area contributed by atoms with Gasteiger partial charge in [0.25, 0.3) is 0 Å². The molecule has 1 fully saturated rings. The maximum atomic E-state index is 11.0. The van der Waals surface area contributed by atoms with Gasteiger partial charge in [-0.05, 0) is 30.4 Å². The molecule has 0 amide bonds. The topological polar surface area (TPSA) is 53.4 Å². The largest absolute Gasteiger partial charge is 0.481 e. The third-order valence-corrected chi connectivity index (χ3v) is 4.29. The van der Waals surface area contributed by atoms with Crippen LogP contribution < -0.4 is 4.90 Å². The summed E-state index contributed by atoms with van der Waals surface area (Å²) in [6, 6.07) is 9.96. The van der Waals surface area contributed by atoms with Gasteiger partial charge >= 0.3 is 5.97 Å². The van der Waals surface area contributed by atoms with Gasteiger partial charge in [0.2, 0.25) is 0 Å². The molecule has 0 radical (unpaired) electrons. The Morgan fingerprint density at radius 1 is 1.27 bits per heavy atom. The number of aliphatic carboxylic acids is 1. The molecule has 4 heteroatoms. The lowest BCUT2D eigenvalue weighted by Gasteiger charge is -2.37. The van der Waals surface area contributed by atoms with Crippen molar-refractivity contribution >= 4 is 22.6 Å². The van der Waals surface area contributed by atoms with Gasteiger partial charge in [-0.15, -0.1) is 0 Å². The van der Waals surface area contributed by atoms with Gasteiger partial charge in [-0.25, -0.2) is 0 Å². The normalized spacial score (nSPS) is 22.0. The molecule has 1 N–H and O–H groups in total. The molecule has 2 unspecified atom stereocenters. The third kappa shape index (κ3) is 3.06. The van der Waals surface area contributed by atoms with Crippen LogP contribution >= 0.6 is 0 Å². The molecule has 4 nitrogen and oxygen atoms in total. The summed E-state index contributed by atoms with van der Waals surface area (Å²) < 4.78 is 0. The summed E-state index contributed by atoms with van der Waals surface area (Å²) in [6.07, 6.45) is 1.22. The maximum absolute atomic E-state index is 11.0. The van der Waals surface area contributed by atoms with Crippen molar-refractivity contribution < 1.29 is 9.90 Å². The first-order chi connectivity index (χ1) is 10.5. The van der Waals surface area contributed by atoms with Crippen molar-refractivity contribution in [1.82, 2.24) is 4.98 Å². The molecule has 1 aliphatic heterocycles. The van der Waals surface area contributed by atoms with Gasteiger partial charge in [-0.2, -0.15) is 0 Å². The molecule has 1 aromatic heterocycles. The Morgan fingerprint density at radius 3 is 2.64 bits per heavy atom. The van der Waals surface area contributed by atoms with Gasteiger partial charge in [0.15, 0.2) is 0 Å². The predicted molar refractivity (Wildman–Crippen MR) is 88.2 cm³/mol. The molecule has 3 rings (SSSR count). The lowest BCUT2D eigenvalue weighted by molar-refractivity contribution is -0.136. The highest BCUT2D eigenvalue weighted by molar-refractivity contribution is 5.92. The molecule has 0 saturated carbocycles. The Labute approximate surface area is 130 Å². The van der Waals surface area contributed by atoms with Crippen LogP contribution in [0, 0.1) is 11.8 Å². The van der Waals surface area contributed by atoms with Crippen molar-refractivity contribution in [2.75, 3.05) is 18.0 Å². The maximum Gasteiger partial charge on any atom is 0.309 e. The van der Waals surface area contributed by atoms with E-state index in [9.17, 15) is 4.79 Å². The molecule has 116 valence electrons. The number of hydrogen-bond acceptors (Lipinski definition) is 3. The van der Waals surface area contributed by atoms with Gasteiger partial charge in [0.1, 0.15) is 0 Å². The molecule has 0 bridgehead atoms. The molecular formula is C18H22N2O2. The number of anilines is 1. The fraction of sp³-hybridized carbons (Fsp3) is 0.444. The van der Waals surface area contributed by atoms with Crippen molar-refractivity contribution in [3.8, 4) is 0 Å². The van der Waals surface area contributed by atoms with Crippen LogP contribution in [0.15, 0.2) is 30.3 Å². The van der Waals surface area contributed by atoms with E-state index in [0.29, 0.717) is 17.5 Å². The standard InChI is InChI=1S/C18H22N2O2/c1-12-7-13(2)11-20(10-12)17-8-14(9-18(21)22)19-16-6-4-3-5-15(16)17/h3-6,8,12-13H,7,9-11H2,1-2H3,(H,21,22). The number of carboxylic acids is 1. The Morgan fingerprint density at radius 2 is 1.95 bits per heavy atom. The zero-order chi connectivity index (χ0) is 15.7. The summed E-state index contributed by atoms with van der Waals surface area (Å²) in [5.74, 6) is 0.464. The SMILES string of the molecule is CC1CC(C)CN(c2cc(CC(=O)O)nc3ccccc23)C1. The van der Waals surface area contributed by atoms with E-state index in [1.165, 1.54) is 6.42 Å². The van der Waals surface area contributed by atoms with Crippen LogP contribution in [0.5, 0.6) is 0 Å². The second kappa shape index (κ2) is 5.95. The number of nitrogens with zero attached hydrogens (tertiary/aromatic N) is 2. The minimum atomic E-state index is -0.839. The van der Waals surface area contributed by atoms with Crippen molar-refractivity contribution in [3.05, 3.63) is 36.0 Å². The molecule has 1 aromatic carbocycles. The van der Waals surface area contributed by atoms with Gasteiger partial charge in [0, 0.05) is 24.2 Å². The highest BCUT2D eigenvalue weighted by atomic mass is 16.4. The average molecular weight is 298 g/mol. The summed E-state index contributed by atoms with van der Waals surface area (Å²) >= 11 is 0. The first kappa shape index (κ1) is 14.8. The number of aromatic nitrogens is 1. The summed E-state index contributed by atoms with van der Waals surface area (Å²) in [7, 11) is 0. The number of rotatable bonds is 3. The molecule has 22 heavy (non-hydrogen) atoms. The van der Waals surface area contributed by atoms with E-state index in [4.69, 9.17) is 5.11 Å². The molecule has 0 spiro atoms. The Bertz CT molecular complexity index is 689. The van der Waals surface area contributed by atoms with Crippen LogP contribution in [0.4, 0.5) is 5.69 Å². The van der Waals surface area contributed by atoms with E-state index in [2.05, 4.69) is 29.8 Å². The van der Waals surface area contributed by atoms with Crippen LogP contribution in [-0.4, -0.2) is 29.1 Å². The molecule has 2 heterocycles. The van der Waals surface area contributed by atoms with Crippen LogP contribution in [0.2, 0.25) is 0 Å². The van der Waals surface area contributed by atoms with E-state index in [1.807, 2.05) is 24.3 Å². The quantitative estimate of drug-likeness (QED) is 0.944. The second-order valence-corrected chi connectivity index (χ2v) is 6.57. The number of carbonyl (C=O) groups is 1. The predicted octanol–water partition coefficient (Wildman–Crippen LogP) is 3.34. The number of para-hydroxylation sites is 1. The van der Waals surface area contributed by atoms with E-state index in [0.717, 1.165) is 29.7 Å². The van der Waals surface area contributed by atoms with Crippen molar-refractivity contribution in [1.29, 1.82) is 0 Å². The molecule has 2 atom stereocenters. The lowest BCUT2D eigenvalue weighted by Crippen LogP contribution is -2.38. The number of pyridine rings is 1. The number of carboxylic acid groups (broad SMARTS) is 1. The van der Waals surface area contributed by atoms with Crippen molar-refractivity contribution in [2.45, 2.75) is 26.7 Å². The van der Waals surface area contributed by atoms with Gasteiger partial charge in [-0.3, -0.25) is 9.78 Å². The molecule has 1 saturated heterocycles. The lowest BCUT2D eigenvalue weighted by atomic mass is 9.91. The van der Waals surface area contributed by atoms with Crippen molar-refractivity contribution in [3.63, 3.8) is 0 Å². The van der Waals surface area contributed by atoms with Crippen LogP contribution in [-0.2, 0) is 11.2 Å². The Kier molecular flexibility index (Phi) is 4.01. The van der Waals surface area contributed by atoms with Crippen LogP contribution in [0.25, 0.3) is 10.9 Å². The van der Waals surface area contributed by atoms with E-state index < -0.39 is 5.97 Å². The fourth-order valence-corrected chi connectivity index (χ4v) is 3.58. The van der Waals surface area contributed by atoms with Crippen LogP contribution in [0.3, 0.4) is 0 Å². The van der Waals surface area contributed by atoms with Gasteiger partial charge in [0.05, 0.1) is 17.6 Å². The smallest absolute Gasteiger partial charge is 0.309 e. The zero-order valence-electron chi connectivity index (χ0n) is 13.1. The Hall–Kier alpha value is -2.10. The first-order valence-corrected chi connectivity index (χ1v) is 7.88. The highest BCUT2D eigenvalue weighted by Crippen LogP contribution is 2.32.